The molecule has 1 fully saturated rings. The van der Waals surface area contributed by atoms with Gasteiger partial charge in [-0.25, -0.2) is 5.43 Å². The topological polar surface area (TPSA) is 27.3 Å². The first-order valence-electron chi connectivity index (χ1n) is 4.61. The fourth-order valence-electron chi connectivity index (χ4n) is 1.63. The van der Waals surface area contributed by atoms with Crippen molar-refractivity contribution >= 4 is 28.9 Å². The van der Waals surface area contributed by atoms with Crippen LogP contribution in [-0.4, -0.2) is 17.2 Å². The maximum absolute atomic E-state index is 5.84. The number of hydrazine groups is 1. The molecule has 0 aromatic heterocycles. The summed E-state index contributed by atoms with van der Waals surface area (Å²) < 4.78 is 0. The molecule has 1 aromatic rings. The zero-order chi connectivity index (χ0) is 11.1. The minimum Gasteiger partial charge on any atom is -0.338 e. The minimum atomic E-state index is -0.351. The van der Waals surface area contributed by atoms with Gasteiger partial charge in [0.1, 0.15) is 5.66 Å². The van der Waals surface area contributed by atoms with E-state index in [0.717, 1.165) is 10.6 Å². The summed E-state index contributed by atoms with van der Waals surface area (Å²) in [4.78, 5) is 0. The van der Waals surface area contributed by atoms with E-state index in [9.17, 15) is 0 Å². The van der Waals surface area contributed by atoms with Gasteiger partial charge in [0.25, 0.3) is 0 Å². The zero-order valence-corrected chi connectivity index (χ0v) is 10.1. The summed E-state index contributed by atoms with van der Waals surface area (Å²) in [6.07, 6.45) is 0. The van der Waals surface area contributed by atoms with Gasteiger partial charge in [-0.2, -0.15) is 0 Å². The molecule has 2 rings (SSSR count). The lowest BCUT2D eigenvalue weighted by Gasteiger charge is -2.25. The van der Waals surface area contributed by atoms with Crippen LogP contribution in [0.2, 0.25) is 5.02 Å². The average Bonchev–Trinajstić information content (AvgIpc) is 2.43. The molecule has 0 amide bonds. The van der Waals surface area contributed by atoms with Gasteiger partial charge in [0.05, 0.1) is 0 Å². The number of halogens is 1. The molecule has 0 unspecified atom stereocenters. The monoisotopic (exact) mass is 241 g/mol. The maximum Gasteiger partial charge on any atom is 0.185 e. The second kappa shape index (κ2) is 3.63. The molecule has 3 nitrogen and oxygen atoms in total. The Balaban J connectivity index is 2.31. The lowest BCUT2D eigenvalue weighted by Crippen LogP contribution is -2.44. The molecule has 0 saturated carbocycles. The minimum absolute atomic E-state index is 0.351. The second-order valence-corrected chi connectivity index (χ2v) is 4.56. The van der Waals surface area contributed by atoms with Crippen LogP contribution in [-0.2, 0) is 5.66 Å². The lowest BCUT2D eigenvalue weighted by molar-refractivity contribution is 0.266. The summed E-state index contributed by atoms with van der Waals surface area (Å²) in [7, 11) is 1.89. The van der Waals surface area contributed by atoms with Crippen molar-refractivity contribution in [2.45, 2.75) is 12.6 Å². The fourth-order valence-corrected chi connectivity index (χ4v) is 2.01. The van der Waals surface area contributed by atoms with E-state index in [1.165, 1.54) is 0 Å². The molecule has 1 aromatic carbocycles. The predicted octanol–water partition coefficient (Wildman–Crippen LogP) is 1.84. The van der Waals surface area contributed by atoms with Crippen molar-refractivity contribution in [3.05, 3.63) is 34.9 Å². The maximum atomic E-state index is 5.84. The first kappa shape index (κ1) is 10.7. The normalized spacial score (nSPS) is 25.5. The van der Waals surface area contributed by atoms with Gasteiger partial charge in [0, 0.05) is 12.1 Å². The molecule has 0 spiro atoms. The highest BCUT2D eigenvalue weighted by Crippen LogP contribution is 2.23. The summed E-state index contributed by atoms with van der Waals surface area (Å²) >= 11 is 11.0. The van der Waals surface area contributed by atoms with Gasteiger partial charge in [-0.15, -0.1) is 0 Å². The summed E-state index contributed by atoms with van der Waals surface area (Å²) in [5.41, 5.74) is 4.00. The molecule has 1 heterocycles. The molecule has 15 heavy (non-hydrogen) atoms. The van der Waals surface area contributed by atoms with E-state index in [1.54, 1.807) is 5.01 Å². The van der Waals surface area contributed by atoms with E-state index < -0.39 is 0 Å². The zero-order valence-electron chi connectivity index (χ0n) is 8.54. The number of hydrogen-bond donors (Lipinski definition) is 2. The first-order chi connectivity index (χ1) is 7.01. The van der Waals surface area contributed by atoms with E-state index in [1.807, 2.05) is 38.2 Å². The van der Waals surface area contributed by atoms with E-state index >= 15 is 0 Å². The largest absolute Gasteiger partial charge is 0.338 e. The molecule has 80 valence electrons. The van der Waals surface area contributed by atoms with Gasteiger partial charge in [-0.05, 0) is 36.8 Å². The molecule has 2 N–H and O–H groups in total. The smallest absolute Gasteiger partial charge is 0.185 e. The van der Waals surface area contributed by atoms with Crippen molar-refractivity contribution in [3.63, 3.8) is 0 Å². The van der Waals surface area contributed by atoms with Crippen LogP contribution in [0.5, 0.6) is 0 Å². The number of rotatable bonds is 1. The van der Waals surface area contributed by atoms with Gasteiger partial charge < -0.3 is 5.32 Å². The van der Waals surface area contributed by atoms with Crippen molar-refractivity contribution in [1.29, 1.82) is 0 Å². The molecular weight excluding hydrogens is 230 g/mol. The Bertz CT molecular complexity index is 392. The third kappa shape index (κ3) is 1.93. The summed E-state index contributed by atoms with van der Waals surface area (Å²) in [6.45, 7) is 2.03. The van der Waals surface area contributed by atoms with Crippen LogP contribution in [0.25, 0.3) is 0 Å². The van der Waals surface area contributed by atoms with Crippen molar-refractivity contribution in [1.82, 2.24) is 15.8 Å². The molecule has 0 bridgehead atoms. The van der Waals surface area contributed by atoms with Crippen LogP contribution < -0.4 is 10.7 Å². The Morgan fingerprint density at radius 2 is 1.93 bits per heavy atom. The molecule has 1 saturated heterocycles. The van der Waals surface area contributed by atoms with Gasteiger partial charge in [0.2, 0.25) is 0 Å². The standard InChI is InChI=1S/C10H12ClN3S/c1-10(12-9(15)14(2)13-10)7-3-5-8(11)6-4-7/h3-6,13H,1-2H3,(H,12,15)/t10-/m0/s1. The van der Waals surface area contributed by atoms with Gasteiger partial charge >= 0.3 is 0 Å². The fraction of sp³-hybridized carbons (Fsp3) is 0.300. The number of nitrogens with one attached hydrogen (secondary N) is 2. The Morgan fingerprint density at radius 3 is 2.40 bits per heavy atom. The lowest BCUT2D eigenvalue weighted by atomic mass is 10.0. The third-order valence-electron chi connectivity index (χ3n) is 2.47. The summed E-state index contributed by atoms with van der Waals surface area (Å²) in [5.74, 6) is 0. The number of hydrogen-bond acceptors (Lipinski definition) is 2. The quantitative estimate of drug-likeness (QED) is 0.734. The van der Waals surface area contributed by atoms with Crippen LogP contribution in [0.15, 0.2) is 24.3 Å². The summed E-state index contributed by atoms with van der Waals surface area (Å²) in [6, 6.07) is 7.69. The molecule has 5 heteroatoms. The van der Waals surface area contributed by atoms with E-state index in [4.69, 9.17) is 23.8 Å². The van der Waals surface area contributed by atoms with Crippen molar-refractivity contribution in [2.24, 2.45) is 0 Å². The van der Waals surface area contributed by atoms with Gasteiger partial charge in [-0.1, -0.05) is 23.7 Å². The number of benzene rings is 1. The molecule has 1 aliphatic heterocycles. The van der Waals surface area contributed by atoms with E-state index in [2.05, 4.69) is 10.7 Å². The molecular formula is C10H12ClN3S. The van der Waals surface area contributed by atoms with Crippen LogP contribution in [0, 0.1) is 0 Å². The highest BCUT2D eigenvalue weighted by Gasteiger charge is 2.35. The van der Waals surface area contributed by atoms with Crippen LogP contribution in [0.1, 0.15) is 12.5 Å². The Labute approximate surface area is 99.4 Å². The Morgan fingerprint density at radius 1 is 1.33 bits per heavy atom. The van der Waals surface area contributed by atoms with Crippen LogP contribution in [0.4, 0.5) is 0 Å². The molecule has 1 atom stereocenters. The highest BCUT2D eigenvalue weighted by molar-refractivity contribution is 7.80. The van der Waals surface area contributed by atoms with E-state index in [0.29, 0.717) is 5.11 Å². The first-order valence-corrected chi connectivity index (χ1v) is 5.40. The highest BCUT2D eigenvalue weighted by atomic mass is 35.5. The SMILES string of the molecule is CN1N[C@@](C)(c2ccc(Cl)cc2)NC1=S. The Hall–Kier alpha value is -0.840. The second-order valence-electron chi connectivity index (χ2n) is 3.73. The molecule has 0 radical (unpaired) electrons. The third-order valence-corrected chi connectivity index (χ3v) is 3.10. The molecule has 1 aliphatic rings. The number of thiocarbonyl (C=S) groups is 1. The van der Waals surface area contributed by atoms with Gasteiger partial charge in [0.15, 0.2) is 5.11 Å². The predicted molar refractivity (Wildman–Crippen MR) is 65.4 cm³/mol. The van der Waals surface area contributed by atoms with Crippen LogP contribution in [0.3, 0.4) is 0 Å². The van der Waals surface area contributed by atoms with Crippen molar-refractivity contribution < 1.29 is 0 Å². The average molecular weight is 242 g/mol. The van der Waals surface area contributed by atoms with Crippen molar-refractivity contribution in [3.8, 4) is 0 Å². The number of nitrogens with zero attached hydrogens (tertiary/aromatic N) is 1. The van der Waals surface area contributed by atoms with Crippen molar-refractivity contribution in [2.75, 3.05) is 7.05 Å². The Kier molecular flexibility index (Phi) is 2.58. The van der Waals surface area contributed by atoms with Crippen LogP contribution >= 0.6 is 23.8 Å². The van der Waals surface area contributed by atoms with E-state index in [-0.39, 0.29) is 5.66 Å². The summed E-state index contributed by atoms with van der Waals surface area (Å²) in [5, 5.41) is 6.43. The molecule has 0 aliphatic carbocycles. The van der Waals surface area contributed by atoms with Gasteiger partial charge in [-0.3, -0.25) is 5.01 Å².